The van der Waals surface area contributed by atoms with Gasteiger partial charge in [0.2, 0.25) is 0 Å². The van der Waals surface area contributed by atoms with Crippen LogP contribution < -0.4 is 5.32 Å². The first-order valence-corrected chi connectivity index (χ1v) is 5.37. The van der Waals surface area contributed by atoms with Gasteiger partial charge < -0.3 is 10.1 Å². The van der Waals surface area contributed by atoms with Crippen LogP contribution >= 0.6 is 0 Å². The quantitative estimate of drug-likeness (QED) is 0.429. The van der Waals surface area contributed by atoms with Gasteiger partial charge in [-0.1, -0.05) is 19.6 Å². The van der Waals surface area contributed by atoms with Gasteiger partial charge in [-0.2, -0.15) is 0 Å². The van der Waals surface area contributed by atoms with Gasteiger partial charge in [0, 0.05) is 13.2 Å². The van der Waals surface area contributed by atoms with E-state index >= 15 is 0 Å². The minimum absolute atomic E-state index is 0.674. The van der Waals surface area contributed by atoms with Crippen molar-refractivity contribution in [2.75, 3.05) is 26.3 Å². The molecular formula is C12H23NO. The highest BCUT2D eigenvalue weighted by Crippen LogP contribution is 1.94. The van der Waals surface area contributed by atoms with E-state index in [9.17, 15) is 0 Å². The van der Waals surface area contributed by atoms with E-state index in [4.69, 9.17) is 4.74 Å². The van der Waals surface area contributed by atoms with E-state index in [-0.39, 0.29) is 0 Å². The molecule has 0 saturated heterocycles. The average molecular weight is 197 g/mol. The van der Waals surface area contributed by atoms with Crippen molar-refractivity contribution in [1.29, 1.82) is 0 Å². The molecular weight excluding hydrogens is 174 g/mol. The molecule has 0 fully saturated rings. The minimum Gasteiger partial charge on any atom is -0.377 e. The molecule has 0 atom stereocenters. The first kappa shape index (κ1) is 13.4. The summed E-state index contributed by atoms with van der Waals surface area (Å²) in [7, 11) is 0. The molecule has 0 aliphatic heterocycles. The van der Waals surface area contributed by atoms with Crippen LogP contribution in [0.2, 0.25) is 0 Å². The van der Waals surface area contributed by atoms with Crippen molar-refractivity contribution in [1.82, 2.24) is 5.32 Å². The van der Waals surface area contributed by atoms with E-state index < -0.39 is 0 Å². The van der Waals surface area contributed by atoms with Crippen LogP contribution in [0.3, 0.4) is 0 Å². The second-order valence-electron chi connectivity index (χ2n) is 3.41. The molecule has 82 valence electrons. The van der Waals surface area contributed by atoms with Crippen molar-refractivity contribution in [3.8, 4) is 0 Å². The third kappa shape index (κ3) is 9.49. The highest BCUT2D eigenvalue weighted by Gasteiger charge is 1.93. The molecule has 2 heteroatoms. The van der Waals surface area contributed by atoms with E-state index in [0.717, 1.165) is 44.5 Å². The molecule has 0 heterocycles. The Morgan fingerprint density at radius 2 is 2.29 bits per heavy atom. The third-order valence-electron chi connectivity index (χ3n) is 1.80. The van der Waals surface area contributed by atoms with Crippen LogP contribution in [0.4, 0.5) is 0 Å². The topological polar surface area (TPSA) is 21.3 Å². The molecule has 1 N–H and O–H groups in total. The van der Waals surface area contributed by atoms with Crippen LogP contribution in [0.5, 0.6) is 0 Å². The summed E-state index contributed by atoms with van der Waals surface area (Å²) >= 11 is 0. The van der Waals surface area contributed by atoms with Crippen molar-refractivity contribution in [3.05, 3.63) is 24.8 Å². The highest BCUT2D eigenvalue weighted by molar-refractivity contribution is 4.96. The molecule has 0 spiro atoms. The maximum absolute atomic E-state index is 5.44. The Hall–Kier alpha value is -0.600. The summed E-state index contributed by atoms with van der Waals surface area (Å²) in [5.41, 5.74) is 1.12. The summed E-state index contributed by atoms with van der Waals surface area (Å²) in [6.45, 7) is 13.2. The van der Waals surface area contributed by atoms with Crippen LogP contribution in [-0.4, -0.2) is 26.3 Å². The number of allylic oxidation sites excluding steroid dienone is 1. The number of hydrogen-bond acceptors (Lipinski definition) is 2. The lowest BCUT2D eigenvalue weighted by molar-refractivity contribution is 0.153. The standard InChI is InChI=1S/C12H23NO/c1-4-6-7-9-14-11-12(3)10-13-8-5-2/h4,13H,1,3,5-11H2,2H3. The molecule has 0 radical (unpaired) electrons. The average Bonchev–Trinajstić information content (AvgIpc) is 2.18. The molecule has 0 aromatic rings. The monoisotopic (exact) mass is 197 g/mol. The van der Waals surface area contributed by atoms with Gasteiger partial charge in [0.05, 0.1) is 6.61 Å². The van der Waals surface area contributed by atoms with Crippen LogP contribution in [0.25, 0.3) is 0 Å². The first-order chi connectivity index (χ1) is 6.81. The summed E-state index contributed by atoms with van der Waals surface area (Å²) < 4.78 is 5.44. The molecule has 0 bridgehead atoms. The normalized spacial score (nSPS) is 10.1. The molecule has 0 amide bonds. The van der Waals surface area contributed by atoms with Gasteiger partial charge in [-0.15, -0.1) is 6.58 Å². The lowest BCUT2D eigenvalue weighted by Gasteiger charge is -2.07. The fraction of sp³-hybridized carbons (Fsp3) is 0.667. The zero-order valence-corrected chi connectivity index (χ0v) is 9.35. The zero-order chi connectivity index (χ0) is 10.6. The van der Waals surface area contributed by atoms with Gasteiger partial charge in [-0.05, 0) is 31.4 Å². The second kappa shape index (κ2) is 10.5. The Morgan fingerprint density at radius 3 is 2.93 bits per heavy atom. The molecule has 2 nitrogen and oxygen atoms in total. The third-order valence-corrected chi connectivity index (χ3v) is 1.80. The Kier molecular flexibility index (Phi) is 10.0. The number of nitrogens with one attached hydrogen (secondary N) is 1. The summed E-state index contributed by atoms with van der Waals surface area (Å²) in [4.78, 5) is 0. The van der Waals surface area contributed by atoms with Crippen molar-refractivity contribution >= 4 is 0 Å². The van der Waals surface area contributed by atoms with E-state index in [1.165, 1.54) is 0 Å². The zero-order valence-electron chi connectivity index (χ0n) is 9.35. The lowest BCUT2D eigenvalue weighted by atomic mass is 10.3. The first-order valence-electron chi connectivity index (χ1n) is 5.37. The fourth-order valence-electron chi connectivity index (χ4n) is 1.04. The smallest absolute Gasteiger partial charge is 0.0686 e. The summed E-state index contributed by atoms with van der Waals surface area (Å²) in [6.07, 6.45) is 5.16. The molecule has 0 aromatic heterocycles. The summed E-state index contributed by atoms with van der Waals surface area (Å²) in [6, 6.07) is 0. The maximum atomic E-state index is 5.44. The second-order valence-corrected chi connectivity index (χ2v) is 3.41. The number of ether oxygens (including phenoxy) is 1. The van der Waals surface area contributed by atoms with Crippen LogP contribution in [0, 0.1) is 0 Å². The number of rotatable bonds is 10. The molecule has 0 aliphatic rings. The van der Waals surface area contributed by atoms with Crippen LogP contribution in [0.15, 0.2) is 24.8 Å². The molecule has 0 aliphatic carbocycles. The van der Waals surface area contributed by atoms with E-state index in [1.54, 1.807) is 0 Å². The van der Waals surface area contributed by atoms with E-state index in [2.05, 4.69) is 25.4 Å². The van der Waals surface area contributed by atoms with Gasteiger partial charge in [-0.3, -0.25) is 0 Å². The van der Waals surface area contributed by atoms with E-state index in [0.29, 0.717) is 6.61 Å². The molecule has 0 aromatic carbocycles. The lowest BCUT2D eigenvalue weighted by Crippen LogP contribution is -2.19. The summed E-state index contributed by atoms with van der Waals surface area (Å²) in [5.74, 6) is 0. The molecule has 0 rings (SSSR count). The van der Waals surface area contributed by atoms with Gasteiger partial charge in [0.25, 0.3) is 0 Å². The number of hydrogen-bond donors (Lipinski definition) is 1. The Labute approximate surface area is 88.0 Å². The number of unbranched alkanes of at least 4 members (excludes halogenated alkanes) is 1. The highest BCUT2D eigenvalue weighted by atomic mass is 16.5. The largest absolute Gasteiger partial charge is 0.377 e. The minimum atomic E-state index is 0.674. The fourth-order valence-corrected chi connectivity index (χ4v) is 1.04. The van der Waals surface area contributed by atoms with Crippen molar-refractivity contribution in [2.24, 2.45) is 0 Å². The predicted molar refractivity (Wildman–Crippen MR) is 62.6 cm³/mol. The van der Waals surface area contributed by atoms with Crippen molar-refractivity contribution in [3.63, 3.8) is 0 Å². The Bertz CT molecular complexity index is 154. The van der Waals surface area contributed by atoms with Crippen LogP contribution in [-0.2, 0) is 4.74 Å². The molecule has 14 heavy (non-hydrogen) atoms. The van der Waals surface area contributed by atoms with Crippen LogP contribution in [0.1, 0.15) is 26.2 Å². The Balaban J connectivity index is 3.14. The SMILES string of the molecule is C=CCCCOCC(=C)CNCCC. The molecule has 0 saturated carbocycles. The Morgan fingerprint density at radius 1 is 1.50 bits per heavy atom. The van der Waals surface area contributed by atoms with Crippen molar-refractivity contribution in [2.45, 2.75) is 26.2 Å². The van der Waals surface area contributed by atoms with E-state index in [1.807, 2.05) is 6.08 Å². The predicted octanol–water partition coefficient (Wildman–Crippen LogP) is 2.53. The van der Waals surface area contributed by atoms with Gasteiger partial charge in [-0.25, -0.2) is 0 Å². The van der Waals surface area contributed by atoms with Gasteiger partial charge in [0.15, 0.2) is 0 Å². The molecule has 0 unspecified atom stereocenters. The van der Waals surface area contributed by atoms with Crippen molar-refractivity contribution < 1.29 is 4.74 Å². The summed E-state index contributed by atoms with van der Waals surface area (Å²) in [5, 5.41) is 3.29. The van der Waals surface area contributed by atoms with Gasteiger partial charge >= 0.3 is 0 Å². The maximum Gasteiger partial charge on any atom is 0.0686 e. The van der Waals surface area contributed by atoms with Gasteiger partial charge in [0.1, 0.15) is 0 Å².